The van der Waals surface area contributed by atoms with Gasteiger partial charge >= 0.3 is 0 Å². The number of para-hydroxylation sites is 1. The van der Waals surface area contributed by atoms with Crippen molar-refractivity contribution in [2.24, 2.45) is 5.10 Å². The lowest BCUT2D eigenvalue weighted by Gasteiger charge is -2.18. The fraction of sp³-hybridized carbons (Fsp3) is 0.125. The predicted molar refractivity (Wildman–Crippen MR) is 80.6 cm³/mol. The van der Waals surface area contributed by atoms with Crippen LogP contribution in [0, 0.1) is 0 Å². The SMILES string of the molecule is O=C(N/N=C\c1ccc2c(c1)OCCO2)c1ccccc1O. The van der Waals surface area contributed by atoms with Gasteiger partial charge in [-0.05, 0) is 35.9 Å². The molecule has 0 radical (unpaired) electrons. The number of hydrogen-bond acceptors (Lipinski definition) is 5. The largest absolute Gasteiger partial charge is 0.507 e. The van der Waals surface area contributed by atoms with Gasteiger partial charge in [-0.15, -0.1) is 0 Å². The smallest absolute Gasteiger partial charge is 0.275 e. The number of amides is 1. The highest BCUT2D eigenvalue weighted by atomic mass is 16.6. The quantitative estimate of drug-likeness (QED) is 0.670. The van der Waals surface area contributed by atoms with Crippen LogP contribution < -0.4 is 14.9 Å². The van der Waals surface area contributed by atoms with E-state index in [-0.39, 0.29) is 11.3 Å². The van der Waals surface area contributed by atoms with Crippen molar-refractivity contribution in [1.29, 1.82) is 0 Å². The average molecular weight is 298 g/mol. The van der Waals surface area contributed by atoms with E-state index in [4.69, 9.17) is 9.47 Å². The van der Waals surface area contributed by atoms with Gasteiger partial charge in [0, 0.05) is 0 Å². The maximum Gasteiger partial charge on any atom is 0.275 e. The van der Waals surface area contributed by atoms with Gasteiger partial charge in [-0.25, -0.2) is 5.43 Å². The second kappa shape index (κ2) is 6.17. The van der Waals surface area contributed by atoms with Crippen molar-refractivity contribution in [3.05, 3.63) is 53.6 Å². The second-order valence-corrected chi connectivity index (χ2v) is 4.62. The van der Waals surface area contributed by atoms with Crippen LogP contribution in [0.3, 0.4) is 0 Å². The Labute approximate surface area is 127 Å². The van der Waals surface area contributed by atoms with Crippen molar-refractivity contribution >= 4 is 12.1 Å². The Balaban J connectivity index is 1.67. The number of nitrogens with one attached hydrogen (secondary N) is 1. The first kappa shape index (κ1) is 13.9. The Kier molecular flexibility index (Phi) is 3.91. The molecule has 1 amide bonds. The van der Waals surface area contributed by atoms with Crippen LogP contribution in [0.25, 0.3) is 0 Å². The lowest BCUT2D eigenvalue weighted by Crippen LogP contribution is -2.17. The molecular formula is C16H14N2O4. The van der Waals surface area contributed by atoms with Crippen LogP contribution in [0.1, 0.15) is 15.9 Å². The van der Waals surface area contributed by atoms with E-state index < -0.39 is 5.91 Å². The summed E-state index contributed by atoms with van der Waals surface area (Å²) in [6, 6.07) is 11.7. The normalized spacial score (nSPS) is 13.1. The minimum absolute atomic E-state index is 0.0884. The zero-order valence-electron chi connectivity index (χ0n) is 11.7. The summed E-state index contributed by atoms with van der Waals surface area (Å²) in [5, 5.41) is 13.5. The molecule has 0 fully saturated rings. The van der Waals surface area contributed by atoms with Crippen molar-refractivity contribution in [2.75, 3.05) is 13.2 Å². The number of phenols is 1. The van der Waals surface area contributed by atoms with Gasteiger partial charge in [-0.2, -0.15) is 5.10 Å². The predicted octanol–water partition coefficient (Wildman–Crippen LogP) is 1.93. The molecule has 22 heavy (non-hydrogen) atoms. The number of fused-ring (bicyclic) bond motifs is 1. The molecule has 6 heteroatoms. The highest BCUT2D eigenvalue weighted by Gasteiger charge is 2.11. The number of hydrazone groups is 1. The van der Waals surface area contributed by atoms with Crippen molar-refractivity contribution < 1.29 is 19.4 Å². The van der Waals surface area contributed by atoms with Gasteiger partial charge < -0.3 is 14.6 Å². The van der Waals surface area contributed by atoms with Crippen LogP contribution in [-0.4, -0.2) is 30.4 Å². The van der Waals surface area contributed by atoms with Gasteiger partial charge in [0.05, 0.1) is 11.8 Å². The molecule has 0 aliphatic carbocycles. The summed E-state index contributed by atoms with van der Waals surface area (Å²) in [4.78, 5) is 11.9. The van der Waals surface area contributed by atoms with Gasteiger partial charge in [0.25, 0.3) is 5.91 Å². The van der Waals surface area contributed by atoms with Crippen molar-refractivity contribution in [1.82, 2.24) is 5.43 Å². The highest BCUT2D eigenvalue weighted by molar-refractivity contribution is 5.97. The fourth-order valence-electron chi connectivity index (χ4n) is 2.03. The average Bonchev–Trinajstić information content (AvgIpc) is 2.55. The van der Waals surface area contributed by atoms with Crippen LogP contribution in [0.5, 0.6) is 17.2 Å². The molecule has 1 aliphatic rings. The number of rotatable bonds is 3. The first-order valence-electron chi connectivity index (χ1n) is 6.75. The van der Waals surface area contributed by atoms with Gasteiger partial charge in [0.15, 0.2) is 11.5 Å². The Morgan fingerprint density at radius 2 is 1.91 bits per heavy atom. The molecule has 1 aliphatic heterocycles. The van der Waals surface area contributed by atoms with Gasteiger partial charge in [-0.3, -0.25) is 4.79 Å². The number of carbonyl (C=O) groups is 1. The van der Waals surface area contributed by atoms with E-state index >= 15 is 0 Å². The molecule has 0 unspecified atom stereocenters. The molecule has 112 valence electrons. The van der Waals surface area contributed by atoms with Crippen molar-refractivity contribution in [3.63, 3.8) is 0 Å². The van der Waals surface area contributed by atoms with E-state index in [0.717, 1.165) is 5.56 Å². The summed E-state index contributed by atoms with van der Waals surface area (Å²) in [6.07, 6.45) is 1.50. The van der Waals surface area contributed by atoms with E-state index in [9.17, 15) is 9.90 Å². The summed E-state index contributed by atoms with van der Waals surface area (Å²) < 4.78 is 10.9. The van der Waals surface area contributed by atoms with E-state index in [2.05, 4.69) is 10.5 Å². The maximum absolute atomic E-state index is 11.9. The van der Waals surface area contributed by atoms with E-state index in [1.54, 1.807) is 24.3 Å². The summed E-state index contributed by atoms with van der Waals surface area (Å²) in [5.41, 5.74) is 3.30. The number of aromatic hydroxyl groups is 1. The van der Waals surface area contributed by atoms with E-state index in [1.807, 2.05) is 6.07 Å². The number of ether oxygens (including phenoxy) is 2. The Morgan fingerprint density at radius 3 is 2.73 bits per heavy atom. The number of phenolic OH excluding ortho intramolecular Hbond substituents is 1. The van der Waals surface area contributed by atoms with E-state index in [0.29, 0.717) is 24.7 Å². The van der Waals surface area contributed by atoms with Crippen molar-refractivity contribution in [2.45, 2.75) is 0 Å². The minimum Gasteiger partial charge on any atom is -0.507 e. The van der Waals surface area contributed by atoms with Crippen LogP contribution >= 0.6 is 0 Å². The second-order valence-electron chi connectivity index (χ2n) is 4.62. The first-order chi connectivity index (χ1) is 10.7. The molecule has 0 saturated carbocycles. The van der Waals surface area contributed by atoms with Crippen LogP contribution in [0.4, 0.5) is 0 Å². The molecule has 2 aromatic rings. The van der Waals surface area contributed by atoms with Gasteiger partial charge in [0.2, 0.25) is 0 Å². The Bertz CT molecular complexity index is 728. The molecular weight excluding hydrogens is 284 g/mol. The highest BCUT2D eigenvalue weighted by Crippen LogP contribution is 2.30. The zero-order valence-corrected chi connectivity index (χ0v) is 11.7. The number of benzene rings is 2. The monoisotopic (exact) mass is 298 g/mol. The number of nitrogens with zero attached hydrogens (tertiary/aromatic N) is 1. The molecule has 6 nitrogen and oxygen atoms in total. The lowest BCUT2D eigenvalue weighted by atomic mass is 10.2. The third-order valence-corrected chi connectivity index (χ3v) is 3.09. The number of carbonyl (C=O) groups excluding carboxylic acids is 1. The van der Waals surface area contributed by atoms with E-state index in [1.165, 1.54) is 18.3 Å². The topological polar surface area (TPSA) is 80.2 Å². The third-order valence-electron chi connectivity index (χ3n) is 3.09. The fourth-order valence-corrected chi connectivity index (χ4v) is 2.03. The molecule has 3 rings (SSSR count). The molecule has 0 bridgehead atoms. The molecule has 2 aromatic carbocycles. The summed E-state index contributed by atoms with van der Waals surface area (Å²) in [7, 11) is 0. The molecule has 1 heterocycles. The van der Waals surface area contributed by atoms with Crippen LogP contribution in [-0.2, 0) is 0 Å². The first-order valence-corrected chi connectivity index (χ1v) is 6.75. The lowest BCUT2D eigenvalue weighted by molar-refractivity contribution is 0.0952. The minimum atomic E-state index is -0.480. The van der Waals surface area contributed by atoms with Crippen LogP contribution in [0.2, 0.25) is 0 Å². The summed E-state index contributed by atoms with van der Waals surface area (Å²) in [6.45, 7) is 1.05. The summed E-state index contributed by atoms with van der Waals surface area (Å²) >= 11 is 0. The van der Waals surface area contributed by atoms with Gasteiger partial charge in [0.1, 0.15) is 19.0 Å². The Hall–Kier alpha value is -3.02. The molecule has 0 aromatic heterocycles. The Morgan fingerprint density at radius 1 is 1.14 bits per heavy atom. The van der Waals surface area contributed by atoms with Crippen molar-refractivity contribution in [3.8, 4) is 17.2 Å². The molecule has 0 atom stereocenters. The molecule has 0 saturated heterocycles. The third kappa shape index (κ3) is 3.01. The standard InChI is InChI=1S/C16H14N2O4/c19-13-4-2-1-3-12(13)16(20)18-17-10-11-5-6-14-15(9-11)22-8-7-21-14/h1-6,9-10,19H,7-8H2,(H,18,20)/b17-10-. The van der Waals surface area contributed by atoms with Gasteiger partial charge in [-0.1, -0.05) is 12.1 Å². The van der Waals surface area contributed by atoms with Crippen LogP contribution in [0.15, 0.2) is 47.6 Å². The molecule has 2 N–H and O–H groups in total. The summed E-state index contributed by atoms with van der Waals surface area (Å²) in [5.74, 6) is 0.783. The maximum atomic E-state index is 11.9. The number of hydrogen-bond donors (Lipinski definition) is 2. The zero-order chi connectivity index (χ0) is 15.4. The molecule has 0 spiro atoms.